The van der Waals surface area contributed by atoms with E-state index in [4.69, 9.17) is 10.2 Å². The quantitative estimate of drug-likeness (QED) is 0.921. The van der Waals surface area contributed by atoms with Gasteiger partial charge in [0, 0.05) is 31.7 Å². The Morgan fingerprint density at radius 2 is 1.72 bits per heavy atom. The zero-order chi connectivity index (χ0) is 17.8. The zero-order valence-electron chi connectivity index (χ0n) is 13.8. The van der Waals surface area contributed by atoms with Crippen molar-refractivity contribution in [3.63, 3.8) is 0 Å². The average Bonchev–Trinajstić information content (AvgIpc) is 2.97. The third-order valence-corrected chi connectivity index (χ3v) is 4.24. The standard InChI is InChI=1S/C18H20FN3O3/c19-15-4-1-3-13(9-15)17(23)21-5-2-6-22(8-7-21)18(24)14-10-16(11-20)25-12-14/h1,3-4,9-10,12H,2,5-8,11,20H2. The number of furan rings is 1. The van der Waals surface area contributed by atoms with Crippen molar-refractivity contribution in [1.29, 1.82) is 0 Å². The first-order valence-electron chi connectivity index (χ1n) is 8.20. The SMILES string of the molecule is NCc1cc(C(=O)N2CCCN(C(=O)c3cccc(F)c3)CC2)co1. The van der Waals surface area contributed by atoms with E-state index in [2.05, 4.69) is 0 Å². The first-order chi connectivity index (χ1) is 12.1. The molecule has 2 N–H and O–H groups in total. The summed E-state index contributed by atoms with van der Waals surface area (Å²) in [5.41, 5.74) is 6.28. The Morgan fingerprint density at radius 1 is 1.04 bits per heavy atom. The average molecular weight is 345 g/mol. The Balaban J connectivity index is 1.65. The van der Waals surface area contributed by atoms with E-state index in [1.54, 1.807) is 21.9 Å². The van der Waals surface area contributed by atoms with Crippen molar-refractivity contribution in [3.05, 3.63) is 59.3 Å². The fourth-order valence-corrected chi connectivity index (χ4v) is 2.91. The summed E-state index contributed by atoms with van der Waals surface area (Å²) in [6.07, 6.45) is 2.07. The summed E-state index contributed by atoms with van der Waals surface area (Å²) in [5, 5.41) is 0. The highest BCUT2D eigenvalue weighted by molar-refractivity contribution is 5.95. The number of halogens is 1. The fraction of sp³-hybridized carbons (Fsp3) is 0.333. The predicted octanol–water partition coefficient (Wildman–Crippen LogP) is 1.87. The molecule has 7 heteroatoms. The maximum Gasteiger partial charge on any atom is 0.257 e. The van der Waals surface area contributed by atoms with Crippen molar-refractivity contribution in [2.75, 3.05) is 26.2 Å². The van der Waals surface area contributed by atoms with Crippen LogP contribution in [0.1, 0.15) is 32.9 Å². The fourth-order valence-electron chi connectivity index (χ4n) is 2.91. The second-order valence-electron chi connectivity index (χ2n) is 5.95. The van der Waals surface area contributed by atoms with Gasteiger partial charge in [-0.3, -0.25) is 9.59 Å². The van der Waals surface area contributed by atoms with Crippen LogP contribution in [0.15, 0.2) is 41.0 Å². The van der Waals surface area contributed by atoms with E-state index in [9.17, 15) is 14.0 Å². The van der Waals surface area contributed by atoms with Crippen LogP contribution < -0.4 is 5.73 Å². The molecule has 1 saturated heterocycles. The molecule has 0 saturated carbocycles. The van der Waals surface area contributed by atoms with Gasteiger partial charge in [-0.2, -0.15) is 0 Å². The summed E-state index contributed by atoms with van der Waals surface area (Å²) in [4.78, 5) is 28.4. The molecule has 2 heterocycles. The Kier molecular flexibility index (Phi) is 5.14. The number of hydrogen-bond donors (Lipinski definition) is 1. The number of rotatable bonds is 3. The van der Waals surface area contributed by atoms with Crippen molar-refractivity contribution in [2.45, 2.75) is 13.0 Å². The van der Waals surface area contributed by atoms with E-state index < -0.39 is 5.82 Å². The van der Waals surface area contributed by atoms with Gasteiger partial charge in [-0.15, -0.1) is 0 Å². The van der Waals surface area contributed by atoms with Gasteiger partial charge in [-0.25, -0.2) is 4.39 Å². The van der Waals surface area contributed by atoms with E-state index in [1.807, 2.05) is 0 Å². The highest BCUT2D eigenvalue weighted by Crippen LogP contribution is 2.14. The molecule has 0 unspecified atom stereocenters. The summed E-state index contributed by atoms with van der Waals surface area (Å²) in [7, 11) is 0. The number of hydrogen-bond acceptors (Lipinski definition) is 4. The second kappa shape index (κ2) is 7.48. The number of carbonyl (C=O) groups excluding carboxylic acids is 2. The van der Waals surface area contributed by atoms with Crippen LogP contribution in [0.3, 0.4) is 0 Å². The van der Waals surface area contributed by atoms with Gasteiger partial charge in [-0.1, -0.05) is 6.07 Å². The molecule has 0 radical (unpaired) electrons. The number of nitrogens with two attached hydrogens (primary N) is 1. The van der Waals surface area contributed by atoms with E-state index in [-0.39, 0.29) is 18.4 Å². The lowest BCUT2D eigenvalue weighted by Gasteiger charge is -2.22. The smallest absolute Gasteiger partial charge is 0.257 e. The van der Waals surface area contributed by atoms with Crippen molar-refractivity contribution in [2.24, 2.45) is 5.73 Å². The Hall–Kier alpha value is -2.67. The van der Waals surface area contributed by atoms with E-state index in [0.717, 1.165) is 0 Å². The van der Waals surface area contributed by atoms with Crippen LogP contribution in [-0.2, 0) is 6.54 Å². The van der Waals surface area contributed by atoms with E-state index in [1.165, 1.54) is 24.5 Å². The van der Waals surface area contributed by atoms with Crippen LogP contribution in [0, 0.1) is 5.82 Å². The van der Waals surface area contributed by atoms with Gasteiger partial charge in [0.1, 0.15) is 17.8 Å². The van der Waals surface area contributed by atoms with Gasteiger partial charge < -0.3 is 20.0 Å². The minimum atomic E-state index is -0.437. The van der Waals surface area contributed by atoms with E-state index >= 15 is 0 Å². The number of amides is 2. The molecular formula is C18H20FN3O3. The van der Waals surface area contributed by atoms with Gasteiger partial charge in [0.05, 0.1) is 12.1 Å². The number of carbonyl (C=O) groups is 2. The maximum absolute atomic E-state index is 13.3. The molecule has 0 bridgehead atoms. The molecule has 2 amide bonds. The maximum atomic E-state index is 13.3. The third-order valence-electron chi connectivity index (χ3n) is 4.24. The highest BCUT2D eigenvalue weighted by Gasteiger charge is 2.24. The lowest BCUT2D eigenvalue weighted by atomic mass is 10.2. The molecule has 132 valence electrons. The second-order valence-corrected chi connectivity index (χ2v) is 5.95. The lowest BCUT2D eigenvalue weighted by Crippen LogP contribution is -2.37. The molecule has 6 nitrogen and oxygen atoms in total. The molecule has 1 fully saturated rings. The number of nitrogens with zero attached hydrogens (tertiary/aromatic N) is 2. The first-order valence-corrected chi connectivity index (χ1v) is 8.20. The monoisotopic (exact) mass is 345 g/mol. The van der Waals surface area contributed by atoms with Crippen LogP contribution >= 0.6 is 0 Å². The minimum absolute atomic E-state index is 0.136. The molecule has 0 atom stereocenters. The van der Waals surface area contributed by atoms with Crippen LogP contribution in [0.5, 0.6) is 0 Å². The van der Waals surface area contributed by atoms with Crippen LogP contribution in [0.25, 0.3) is 0 Å². The summed E-state index contributed by atoms with van der Waals surface area (Å²) in [6, 6.07) is 7.29. The Morgan fingerprint density at radius 3 is 2.32 bits per heavy atom. The van der Waals surface area contributed by atoms with Gasteiger partial charge in [0.25, 0.3) is 11.8 Å². The molecule has 25 heavy (non-hydrogen) atoms. The third kappa shape index (κ3) is 3.88. The Bertz CT molecular complexity index is 774. The summed E-state index contributed by atoms with van der Waals surface area (Å²) >= 11 is 0. The summed E-state index contributed by atoms with van der Waals surface area (Å²) < 4.78 is 18.5. The van der Waals surface area contributed by atoms with Crippen LogP contribution in [-0.4, -0.2) is 47.8 Å². The lowest BCUT2D eigenvalue weighted by molar-refractivity contribution is 0.0718. The van der Waals surface area contributed by atoms with Crippen LogP contribution in [0.4, 0.5) is 4.39 Å². The van der Waals surface area contributed by atoms with Gasteiger partial charge in [-0.05, 0) is 30.7 Å². The van der Waals surface area contributed by atoms with E-state index in [0.29, 0.717) is 49.5 Å². The van der Waals surface area contributed by atoms with Crippen molar-refractivity contribution in [3.8, 4) is 0 Å². The summed E-state index contributed by atoms with van der Waals surface area (Å²) in [5.74, 6) is -0.236. The molecule has 2 aromatic rings. The predicted molar refractivity (Wildman–Crippen MR) is 89.4 cm³/mol. The minimum Gasteiger partial charge on any atom is -0.467 e. The van der Waals surface area contributed by atoms with Crippen molar-refractivity contribution >= 4 is 11.8 Å². The molecule has 1 aromatic heterocycles. The molecule has 1 aliphatic heterocycles. The molecule has 1 aromatic carbocycles. The normalized spacial score (nSPS) is 15.1. The molecule has 1 aliphatic rings. The Labute approximate surface area is 145 Å². The molecular weight excluding hydrogens is 325 g/mol. The first kappa shape index (κ1) is 17.2. The molecule has 3 rings (SSSR count). The molecule has 0 spiro atoms. The largest absolute Gasteiger partial charge is 0.467 e. The van der Waals surface area contributed by atoms with Gasteiger partial charge >= 0.3 is 0 Å². The van der Waals surface area contributed by atoms with Gasteiger partial charge in [0.15, 0.2) is 0 Å². The topological polar surface area (TPSA) is 79.8 Å². The number of benzene rings is 1. The zero-order valence-corrected chi connectivity index (χ0v) is 13.8. The van der Waals surface area contributed by atoms with Gasteiger partial charge in [0.2, 0.25) is 0 Å². The highest BCUT2D eigenvalue weighted by atomic mass is 19.1. The van der Waals surface area contributed by atoms with Crippen molar-refractivity contribution in [1.82, 2.24) is 9.80 Å². The van der Waals surface area contributed by atoms with Crippen molar-refractivity contribution < 1.29 is 18.4 Å². The van der Waals surface area contributed by atoms with Crippen LogP contribution in [0.2, 0.25) is 0 Å². The summed E-state index contributed by atoms with van der Waals surface area (Å²) in [6.45, 7) is 2.14. The molecule has 0 aliphatic carbocycles.